The molecule has 1 aliphatic carbocycles. The fourth-order valence-electron chi connectivity index (χ4n) is 4.34. The molecule has 0 radical (unpaired) electrons. The monoisotopic (exact) mass is 353 g/mol. The van der Waals surface area contributed by atoms with E-state index in [1.807, 2.05) is 6.20 Å². The van der Waals surface area contributed by atoms with Gasteiger partial charge in [-0.25, -0.2) is 4.98 Å². The van der Waals surface area contributed by atoms with Gasteiger partial charge in [0.25, 0.3) is 0 Å². The van der Waals surface area contributed by atoms with Crippen molar-refractivity contribution in [3.05, 3.63) is 58.9 Å². The molecule has 3 nitrogen and oxygen atoms in total. The second-order valence-electron chi connectivity index (χ2n) is 7.36. The maximum atomic E-state index is 4.81. The topological polar surface area (TPSA) is 31.9 Å². The molecular weight excluding hydrogens is 330 g/mol. The molecule has 3 aromatic rings. The molecule has 0 bridgehead atoms. The number of hydrogen-bond acceptors (Lipinski definition) is 2. The minimum Gasteiger partial charge on any atom is -0.355 e. The van der Waals surface area contributed by atoms with E-state index in [-0.39, 0.29) is 12.4 Å². The van der Waals surface area contributed by atoms with E-state index in [0.717, 1.165) is 24.7 Å². The lowest BCUT2D eigenvalue weighted by atomic mass is 9.89. The SMILES string of the molecule is Cc1[nH]c2c(N3CCc4ccccc4C3C3CC3)nccc2c1C.Cl. The number of halogens is 1. The smallest absolute Gasteiger partial charge is 0.153 e. The summed E-state index contributed by atoms with van der Waals surface area (Å²) in [5.74, 6) is 1.91. The average molecular weight is 354 g/mol. The van der Waals surface area contributed by atoms with Crippen LogP contribution in [-0.4, -0.2) is 16.5 Å². The molecule has 3 heterocycles. The number of hydrogen-bond donors (Lipinski definition) is 1. The van der Waals surface area contributed by atoms with Crippen molar-refractivity contribution < 1.29 is 0 Å². The molecule has 1 fully saturated rings. The summed E-state index contributed by atoms with van der Waals surface area (Å²) < 4.78 is 0. The quantitative estimate of drug-likeness (QED) is 0.693. The molecule has 1 aliphatic heterocycles. The number of aromatic nitrogens is 2. The zero-order valence-corrected chi connectivity index (χ0v) is 15.6. The largest absolute Gasteiger partial charge is 0.355 e. The van der Waals surface area contributed by atoms with Crippen LogP contribution in [0.2, 0.25) is 0 Å². The van der Waals surface area contributed by atoms with Gasteiger partial charge in [-0.05, 0) is 61.8 Å². The third-order valence-corrected chi connectivity index (χ3v) is 5.88. The summed E-state index contributed by atoms with van der Waals surface area (Å²) in [5, 5.41) is 1.31. The number of nitrogens with one attached hydrogen (secondary N) is 1. The number of aromatic amines is 1. The van der Waals surface area contributed by atoms with Crippen LogP contribution in [0, 0.1) is 19.8 Å². The molecule has 130 valence electrons. The van der Waals surface area contributed by atoms with Crippen molar-refractivity contribution in [1.82, 2.24) is 9.97 Å². The highest BCUT2D eigenvalue weighted by molar-refractivity contribution is 5.93. The molecule has 0 saturated heterocycles. The van der Waals surface area contributed by atoms with Crippen molar-refractivity contribution in [2.75, 3.05) is 11.4 Å². The van der Waals surface area contributed by atoms with Gasteiger partial charge in [0.15, 0.2) is 5.82 Å². The van der Waals surface area contributed by atoms with Crippen LogP contribution in [-0.2, 0) is 6.42 Å². The van der Waals surface area contributed by atoms with Gasteiger partial charge in [-0.2, -0.15) is 0 Å². The Balaban J connectivity index is 0.00000157. The molecule has 2 aromatic heterocycles. The third-order valence-electron chi connectivity index (χ3n) is 5.88. The molecule has 25 heavy (non-hydrogen) atoms. The van der Waals surface area contributed by atoms with Gasteiger partial charge >= 0.3 is 0 Å². The van der Waals surface area contributed by atoms with Crippen LogP contribution in [0.3, 0.4) is 0 Å². The maximum Gasteiger partial charge on any atom is 0.153 e. The Morgan fingerprint density at radius 1 is 1.12 bits per heavy atom. The van der Waals surface area contributed by atoms with Crippen LogP contribution < -0.4 is 4.90 Å². The number of anilines is 1. The Morgan fingerprint density at radius 3 is 2.72 bits per heavy atom. The standard InChI is InChI=1S/C21H23N3.ClH/c1-13-14(2)23-19-17(13)9-11-22-21(19)24-12-10-15-5-3-4-6-18(15)20(24)16-7-8-16;/h3-6,9,11,16,20,23H,7-8,10,12H2,1-2H3;1H. The average Bonchev–Trinajstić information content (AvgIpc) is 3.40. The fourth-order valence-corrected chi connectivity index (χ4v) is 4.34. The number of fused-ring (bicyclic) bond motifs is 2. The lowest BCUT2D eigenvalue weighted by Crippen LogP contribution is -2.37. The van der Waals surface area contributed by atoms with E-state index >= 15 is 0 Å². The molecule has 1 aromatic carbocycles. The Bertz CT molecular complexity index is 926. The number of benzene rings is 1. The second kappa shape index (κ2) is 6.06. The molecule has 0 spiro atoms. The summed E-state index contributed by atoms with van der Waals surface area (Å²) in [7, 11) is 0. The number of H-pyrrole nitrogens is 1. The number of pyridine rings is 1. The van der Waals surface area contributed by atoms with Gasteiger partial charge < -0.3 is 9.88 Å². The van der Waals surface area contributed by atoms with Crippen molar-refractivity contribution >= 4 is 29.1 Å². The Hall–Kier alpha value is -2.00. The minimum absolute atomic E-state index is 0. The van der Waals surface area contributed by atoms with Gasteiger partial charge in [-0.3, -0.25) is 0 Å². The molecule has 1 saturated carbocycles. The van der Waals surface area contributed by atoms with E-state index in [1.165, 1.54) is 46.1 Å². The molecule has 1 unspecified atom stereocenters. The predicted molar refractivity (Wildman–Crippen MR) is 106 cm³/mol. The highest BCUT2D eigenvalue weighted by atomic mass is 35.5. The highest BCUT2D eigenvalue weighted by Gasteiger charge is 2.40. The Labute approximate surface area is 154 Å². The van der Waals surface area contributed by atoms with Crippen LogP contribution in [0.1, 0.15) is 41.3 Å². The molecule has 0 amide bonds. The molecule has 1 atom stereocenters. The molecule has 2 aliphatic rings. The first kappa shape index (κ1) is 16.5. The maximum absolute atomic E-state index is 4.81. The van der Waals surface area contributed by atoms with E-state index in [0.29, 0.717) is 6.04 Å². The predicted octanol–water partition coefficient (Wildman–Crippen LogP) is 5.12. The van der Waals surface area contributed by atoms with Gasteiger partial charge in [0.1, 0.15) is 0 Å². The van der Waals surface area contributed by atoms with Gasteiger partial charge in [-0.15, -0.1) is 12.4 Å². The van der Waals surface area contributed by atoms with Gasteiger partial charge in [0.2, 0.25) is 0 Å². The van der Waals surface area contributed by atoms with Gasteiger partial charge in [0, 0.05) is 23.8 Å². The first-order valence-corrected chi connectivity index (χ1v) is 9.02. The summed E-state index contributed by atoms with van der Waals surface area (Å²) >= 11 is 0. The van der Waals surface area contributed by atoms with E-state index in [1.54, 1.807) is 0 Å². The lowest BCUT2D eigenvalue weighted by molar-refractivity contribution is 0.524. The van der Waals surface area contributed by atoms with Crippen molar-refractivity contribution in [2.24, 2.45) is 5.92 Å². The zero-order valence-electron chi connectivity index (χ0n) is 14.7. The van der Waals surface area contributed by atoms with Crippen LogP contribution in [0.15, 0.2) is 36.5 Å². The second-order valence-corrected chi connectivity index (χ2v) is 7.36. The third kappa shape index (κ3) is 2.53. The first-order valence-electron chi connectivity index (χ1n) is 9.02. The number of nitrogens with zero attached hydrogens (tertiary/aromatic N) is 2. The lowest BCUT2D eigenvalue weighted by Gasteiger charge is -2.38. The zero-order chi connectivity index (χ0) is 16.3. The highest BCUT2D eigenvalue weighted by Crippen LogP contribution is 2.49. The minimum atomic E-state index is 0. The number of aryl methyl sites for hydroxylation is 2. The molecule has 5 rings (SSSR count). The van der Waals surface area contributed by atoms with Crippen LogP contribution >= 0.6 is 12.4 Å². The molecular formula is C21H24ClN3. The van der Waals surface area contributed by atoms with Gasteiger partial charge in [0.05, 0.1) is 11.6 Å². The molecule has 1 N–H and O–H groups in total. The molecule has 4 heteroatoms. The summed E-state index contributed by atoms with van der Waals surface area (Å²) in [5.41, 5.74) is 6.84. The first-order chi connectivity index (χ1) is 11.7. The van der Waals surface area contributed by atoms with E-state index in [2.05, 4.69) is 54.1 Å². The van der Waals surface area contributed by atoms with Gasteiger partial charge in [-0.1, -0.05) is 24.3 Å². The Morgan fingerprint density at radius 2 is 1.92 bits per heavy atom. The van der Waals surface area contributed by atoms with Crippen LogP contribution in [0.25, 0.3) is 10.9 Å². The van der Waals surface area contributed by atoms with E-state index in [9.17, 15) is 0 Å². The van der Waals surface area contributed by atoms with Crippen LogP contribution in [0.5, 0.6) is 0 Å². The Kier molecular flexibility index (Phi) is 3.99. The van der Waals surface area contributed by atoms with E-state index < -0.39 is 0 Å². The van der Waals surface area contributed by atoms with E-state index in [4.69, 9.17) is 4.98 Å². The normalized spacial score (nSPS) is 19.6. The summed E-state index contributed by atoms with van der Waals surface area (Å²) in [6.45, 7) is 5.41. The van der Waals surface area contributed by atoms with Crippen LogP contribution in [0.4, 0.5) is 5.82 Å². The van der Waals surface area contributed by atoms with Crippen molar-refractivity contribution in [3.63, 3.8) is 0 Å². The van der Waals surface area contributed by atoms with Crippen molar-refractivity contribution in [2.45, 2.75) is 39.2 Å². The summed E-state index contributed by atoms with van der Waals surface area (Å²) in [6.07, 6.45) is 5.76. The summed E-state index contributed by atoms with van der Waals surface area (Å²) in [6, 6.07) is 11.6. The van der Waals surface area contributed by atoms with Crippen molar-refractivity contribution in [3.8, 4) is 0 Å². The number of rotatable bonds is 2. The van der Waals surface area contributed by atoms with Crippen molar-refractivity contribution in [1.29, 1.82) is 0 Å². The fraction of sp³-hybridized carbons (Fsp3) is 0.381. The summed E-state index contributed by atoms with van der Waals surface area (Å²) in [4.78, 5) is 11.0.